The number of ether oxygens (including phenoxy) is 2. The highest BCUT2D eigenvalue weighted by atomic mass is 19.1. The maximum atomic E-state index is 14.9. The molecule has 3 aromatic rings. The molecule has 0 spiro atoms. The summed E-state index contributed by atoms with van der Waals surface area (Å²) in [4.78, 5) is 28.8. The molecule has 3 atom stereocenters. The number of hydrogen-bond donors (Lipinski definition) is 1. The van der Waals surface area contributed by atoms with Gasteiger partial charge in [0.2, 0.25) is 0 Å². The van der Waals surface area contributed by atoms with Crippen LogP contribution in [0.3, 0.4) is 0 Å². The lowest BCUT2D eigenvalue weighted by Crippen LogP contribution is -2.56. The lowest BCUT2D eigenvalue weighted by Gasteiger charge is -2.45. The summed E-state index contributed by atoms with van der Waals surface area (Å²) < 4.78 is 31.8. The summed E-state index contributed by atoms with van der Waals surface area (Å²) >= 11 is 0. The van der Waals surface area contributed by atoms with Gasteiger partial charge in [0, 0.05) is 12.0 Å². The van der Waals surface area contributed by atoms with Crippen molar-refractivity contribution in [3.8, 4) is 0 Å². The van der Waals surface area contributed by atoms with Crippen molar-refractivity contribution in [2.45, 2.75) is 57.6 Å². The van der Waals surface area contributed by atoms with E-state index in [1.54, 1.807) is 26.8 Å². The van der Waals surface area contributed by atoms with Crippen LogP contribution in [0.1, 0.15) is 55.2 Å². The highest BCUT2D eigenvalue weighted by molar-refractivity contribution is 6.61. The van der Waals surface area contributed by atoms with Gasteiger partial charge in [0.25, 0.3) is 0 Å². The van der Waals surface area contributed by atoms with Gasteiger partial charge in [-0.15, -0.1) is 0 Å². The summed E-state index contributed by atoms with van der Waals surface area (Å²) in [6.45, 7) is 5.23. The van der Waals surface area contributed by atoms with E-state index in [1.165, 1.54) is 11.0 Å². The number of benzene rings is 3. The van der Waals surface area contributed by atoms with Gasteiger partial charge in [-0.3, -0.25) is 4.90 Å². The van der Waals surface area contributed by atoms with E-state index in [0.29, 0.717) is 11.0 Å². The van der Waals surface area contributed by atoms with Crippen LogP contribution in [0.2, 0.25) is 0 Å². The Labute approximate surface area is 221 Å². The minimum atomic E-state index is -1.25. The van der Waals surface area contributed by atoms with Crippen LogP contribution >= 0.6 is 0 Å². The van der Waals surface area contributed by atoms with Crippen molar-refractivity contribution >= 4 is 24.6 Å². The molecule has 7 nitrogen and oxygen atoms in total. The summed E-state index contributed by atoms with van der Waals surface area (Å²) in [7, 11) is -1.25. The summed E-state index contributed by atoms with van der Waals surface area (Å²) in [5.41, 5.74) is 1.68. The minimum absolute atomic E-state index is 0.0348. The third-order valence-electron chi connectivity index (χ3n) is 6.68. The number of cyclic esters (lactones) is 1. The van der Waals surface area contributed by atoms with E-state index in [4.69, 9.17) is 14.1 Å². The van der Waals surface area contributed by atoms with E-state index in [2.05, 4.69) is 0 Å². The average Bonchev–Trinajstić information content (AvgIpc) is 3.25. The zero-order valence-corrected chi connectivity index (χ0v) is 21.5. The Bertz CT molecular complexity index is 1330. The van der Waals surface area contributed by atoms with Crippen LogP contribution in [0, 0.1) is 5.82 Å². The van der Waals surface area contributed by atoms with Crippen LogP contribution in [0.4, 0.5) is 9.18 Å². The van der Waals surface area contributed by atoms with Crippen LogP contribution in [0.25, 0.3) is 0 Å². The molecule has 0 radical (unpaired) electrons. The van der Waals surface area contributed by atoms with E-state index in [0.717, 1.165) is 11.1 Å². The zero-order chi connectivity index (χ0) is 27.0. The van der Waals surface area contributed by atoms with Gasteiger partial charge < -0.3 is 19.2 Å². The molecular weight excluding hydrogens is 488 g/mol. The molecule has 0 aliphatic carbocycles. The zero-order valence-electron chi connectivity index (χ0n) is 21.5. The third-order valence-corrected chi connectivity index (χ3v) is 6.68. The minimum Gasteiger partial charge on any atom is -0.453 e. The number of fused-ring (bicyclic) bond motifs is 1. The maximum Gasteiger partial charge on any atom is 0.491 e. The Morgan fingerprint density at radius 1 is 1.08 bits per heavy atom. The third kappa shape index (κ3) is 5.17. The van der Waals surface area contributed by atoms with Crippen molar-refractivity contribution < 1.29 is 33.1 Å². The number of halogens is 1. The second-order valence-electron chi connectivity index (χ2n) is 10.5. The largest absolute Gasteiger partial charge is 0.491 e. The summed E-state index contributed by atoms with van der Waals surface area (Å²) in [6.07, 6.45) is -1.51. The predicted octanol–water partition coefficient (Wildman–Crippen LogP) is 4.23. The number of rotatable bonds is 4. The fraction of sp³-hybridized carbons (Fsp3) is 0.310. The van der Waals surface area contributed by atoms with E-state index in [9.17, 15) is 19.0 Å². The van der Waals surface area contributed by atoms with Crippen molar-refractivity contribution in [3.05, 3.63) is 101 Å². The van der Waals surface area contributed by atoms with Gasteiger partial charge >= 0.3 is 19.2 Å². The van der Waals surface area contributed by atoms with Crippen LogP contribution in [-0.4, -0.2) is 40.7 Å². The first-order valence-electron chi connectivity index (χ1n) is 12.5. The molecule has 9 heteroatoms. The van der Waals surface area contributed by atoms with Crippen LogP contribution < -0.4 is 5.46 Å². The first-order valence-corrected chi connectivity index (χ1v) is 12.5. The molecule has 5 rings (SSSR count). The van der Waals surface area contributed by atoms with E-state index < -0.39 is 48.8 Å². The summed E-state index contributed by atoms with van der Waals surface area (Å²) in [5.74, 6) is -1.17. The molecule has 2 heterocycles. The Morgan fingerprint density at radius 2 is 1.71 bits per heavy atom. The number of hydrogen-bond acceptors (Lipinski definition) is 6. The smallest absolute Gasteiger partial charge is 0.453 e. The topological polar surface area (TPSA) is 85.3 Å². The van der Waals surface area contributed by atoms with Gasteiger partial charge in [-0.2, -0.15) is 0 Å². The SMILES string of the molecule is CC(C)(C)OC(=O)N1[C@@H](Cc2cc(F)c3c(c2)B(O)OC3)C(=O)O[C@H](c2ccccc2)[C@@H]1c1ccccc1. The van der Waals surface area contributed by atoms with E-state index in [-0.39, 0.29) is 18.6 Å². The molecule has 196 valence electrons. The summed E-state index contributed by atoms with van der Waals surface area (Å²) in [6, 6.07) is 19.7. The number of nitrogens with zero attached hydrogens (tertiary/aromatic N) is 1. The van der Waals surface area contributed by atoms with Gasteiger partial charge in [0.15, 0.2) is 6.10 Å². The molecule has 0 unspecified atom stereocenters. The van der Waals surface area contributed by atoms with Crippen molar-refractivity contribution in [3.63, 3.8) is 0 Å². The molecule has 1 amide bonds. The molecule has 2 aliphatic heterocycles. The number of amides is 1. The monoisotopic (exact) mass is 517 g/mol. The van der Waals surface area contributed by atoms with Gasteiger partial charge in [0.05, 0.1) is 6.61 Å². The molecule has 0 bridgehead atoms. The first kappa shape index (κ1) is 25.9. The standard InChI is InChI=1S/C29H29BFNO6/c1-29(2,3)38-28(34)32-24(16-18-14-22-21(23(31)15-18)17-36-30(22)35)27(33)37-26(20-12-8-5-9-13-20)25(32)19-10-6-4-7-11-19/h4-15,24-26,35H,16-17H2,1-3H3/t24-,25-,26+/m0/s1. The number of carbonyl (C=O) groups excluding carboxylic acids is 2. The maximum absolute atomic E-state index is 14.9. The molecule has 0 aromatic heterocycles. The Balaban J connectivity index is 1.61. The van der Waals surface area contributed by atoms with Gasteiger partial charge in [0.1, 0.15) is 23.5 Å². The molecule has 2 aliphatic rings. The average molecular weight is 517 g/mol. The fourth-order valence-corrected chi connectivity index (χ4v) is 5.02. The Morgan fingerprint density at radius 3 is 2.34 bits per heavy atom. The number of morpholine rings is 1. The van der Waals surface area contributed by atoms with E-state index in [1.807, 2.05) is 60.7 Å². The van der Waals surface area contributed by atoms with Gasteiger partial charge in [-0.05, 0) is 49.0 Å². The van der Waals surface area contributed by atoms with Crippen LogP contribution in [0.15, 0.2) is 72.8 Å². The first-order chi connectivity index (χ1) is 18.1. The molecule has 38 heavy (non-hydrogen) atoms. The molecular formula is C29H29BFNO6. The number of esters is 1. The molecule has 3 aromatic carbocycles. The van der Waals surface area contributed by atoms with Crippen LogP contribution in [0.5, 0.6) is 0 Å². The quantitative estimate of drug-likeness (QED) is 0.412. The lowest BCUT2D eigenvalue weighted by molar-refractivity contribution is -0.174. The van der Waals surface area contributed by atoms with Gasteiger partial charge in [-0.1, -0.05) is 66.7 Å². The molecule has 0 saturated carbocycles. The predicted molar refractivity (Wildman–Crippen MR) is 139 cm³/mol. The Hall–Kier alpha value is -3.69. The second kappa shape index (κ2) is 10.2. The lowest BCUT2D eigenvalue weighted by atomic mass is 9.78. The fourth-order valence-electron chi connectivity index (χ4n) is 5.02. The molecule has 1 saturated heterocycles. The van der Waals surface area contributed by atoms with Crippen molar-refractivity contribution in [2.24, 2.45) is 0 Å². The second-order valence-corrected chi connectivity index (χ2v) is 10.5. The molecule has 1 fully saturated rings. The van der Waals surface area contributed by atoms with E-state index >= 15 is 0 Å². The van der Waals surface area contributed by atoms with Crippen molar-refractivity contribution in [1.29, 1.82) is 0 Å². The summed E-state index contributed by atoms with van der Waals surface area (Å²) in [5, 5.41) is 10.1. The highest BCUT2D eigenvalue weighted by Gasteiger charge is 2.49. The van der Waals surface area contributed by atoms with Crippen molar-refractivity contribution in [1.82, 2.24) is 4.90 Å². The highest BCUT2D eigenvalue weighted by Crippen LogP contribution is 2.43. The normalized spacial score (nSPS) is 21.2. The Kier molecular flexibility index (Phi) is 6.98. The van der Waals surface area contributed by atoms with Crippen molar-refractivity contribution in [2.75, 3.05) is 0 Å². The number of carbonyl (C=O) groups is 2. The van der Waals surface area contributed by atoms with Crippen LogP contribution in [-0.2, 0) is 32.0 Å². The van der Waals surface area contributed by atoms with Gasteiger partial charge in [-0.25, -0.2) is 14.0 Å². The molecule has 1 N–H and O–H groups in total.